The second kappa shape index (κ2) is 8.64. The van der Waals surface area contributed by atoms with Crippen LogP contribution in [0.25, 0.3) is 5.65 Å². The number of rotatable bonds is 4. The van der Waals surface area contributed by atoms with Crippen molar-refractivity contribution < 1.29 is 22.7 Å². The number of hydrogen-bond donors (Lipinski definition) is 1. The van der Waals surface area contributed by atoms with Crippen molar-refractivity contribution in [3.05, 3.63) is 59.4 Å². The van der Waals surface area contributed by atoms with E-state index in [4.69, 9.17) is 11.6 Å². The number of fused-ring (bicyclic) bond motifs is 1. The Morgan fingerprint density at radius 2 is 1.94 bits per heavy atom. The largest absolute Gasteiger partial charge is 0.573 e. The minimum Gasteiger partial charge on any atom is -0.404 e. The third-order valence-corrected chi connectivity index (χ3v) is 5.25. The fourth-order valence-corrected chi connectivity index (χ4v) is 3.70. The summed E-state index contributed by atoms with van der Waals surface area (Å²) < 4.78 is 42.8. The highest BCUT2D eigenvalue weighted by Gasteiger charge is 2.32. The Balaban J connectivity index is 1.31. The first-order valence-corrected chi connectivity index (χ1v) is 9.91. The number of piperazine rings is 1. The molecule has 11 heteroatoms. The van der Waals surface area contributed by atoms with E-state index in [1.165, 1.54) is 12.1 Å². The number of ether oxygens (including phenoxy) is 1. The van der Waals surface area contributed by atoms with Crippen molar-refractivity contribution in [3.63, 3.8) is 0 Å². The highest BCUT2D eigenvalue weighted by molar-refractivity contribution is 6.32. The van der Waals surface area contributed by atoms with Gasteiger partial charge in [-0.05, 0) is 29.8 Å². The summed E-state index contributed by atoms with van der Waals surface area (Å²) in [5.41, 5.74) is 1.51. The van der Waals surface area contributed by atoms with E-state index in [1.807, 2.05) is 12.1 Å². The van der Waals surface area contributed by atoms with Crippen LogP contribution in [0.4, 0.5) is 23.8 Å². The highest BCUT2D eigenvalue weighted by Crippen LogP contribution is 2.31. The summed E-state index contributed by atoms with van der Waals surface area (Å²) in [6, 6.07) is 9.52. The molecule has 4 rings (SSSR count). The molecular weight excluding hydrogens is 435 g/mol. The topological polar surface area (TPSA) is 62.1 Å². The number of nitrogens with zero attached hydrogens (tertiary/aromatic N) is 4. The Morgan fingerprint density at radius 3 is 2.65 bits per heavy atom. The van der Waals surface area contributed by atoms with Gasteiger partial charge >= 0.3 is 12.4 Å². The number of urea groups is 1. The van der Waals surface area contributed by atoms with Gasteiger partial charge in [-0.15, -0.1) is 13.2 Å². The van der Waals surface area contributed by atoms with Crippen LogP contribution < -0.4 is 10.1 Å². The summed E-state index contributed by atoms with van der Waals surface area (Å²) in [6.45, 7) is 2.81. The Bertz CT molecular complexity index is 1080. The third kappa shape index (κ3) is 5.20. The highest BCUT2D eigenvalue weighted by atomic mass is 35.5. The van der Waals surface area contributed by atoms with Crippen molar-refractivity contribution >= 4 is 29.1 Å². The number of carbonyl (C=O) groups is 1. The van der Waals surface area contributed by atoms with Crippen LogP contribution in [0.2, 0.25) is 5.02 Å². The average Bonchev–Trinajstić information content (AvgIpc) is 3.20. The number of halogens is 4. The van der Waals surface area contributed by atoms with Crippen molar-refractivity contribution in [2.45, 2.75) is 12.9 Å². The fourth-order valence-electron chi connectivity index (χ4n) is 3.46. The number of imidazole rings is 1. The molecule has 0 aliphatic carbocycles. The van der Waals surface area contributed by atoms with Crippen LogP contribution in [0.5, 0.6) is 5.75 Å². The molecule has 2 amide bonds. The normalized spacial score (nSPS) is 15.3. The number of anilines is 1. The van der Waals surface area contributed by atoms with Crippen molar-refractivity contribution in [3.8, 4) is 5.75 Å². The van der Waals surface area contributed by atoms with Gasteiger partial charge in [0.2, 0.25) is 0 Å². The Labute approximate surface area is 181 Å². The van der Waals surface area contributed by atoms with Gasteiger partial charge in [0.1, 0.15) is 17.2 Å². The first-order chi connectivity index (χ1) is 14.8. The molecule has 1 aromatic carbocycles. The van der Waals surface area contributed by atoms with Gasteiger partial charge in [-0.2, -0.15) is 0 Å². The van der Waals surface area contributed by atoms with E-state index in [0.29, 0.717) is 38.5 Å². The monoisotopic (exact) mass is 453 g/mol. The molecule has 1 aliphatic rings. The molecule has 7 nitrogen and oxygen atoms in total. The lowest BCUT2D eigenvalue weighted by atomic mass is 10.2. The summed E-state index contributed by atoms with van der Waals surface area (Å²) in [5, 5.41) is 2.81. The second-order valence-electron chi connectivity index (χ2n) is 7.07. The molecule has 31 heavy (non-hydrogen) atoms. The zero-order valence-electron chi connectivity index (χ0n) is 16.3. The first-order valence-electron chi connectivity index (χ1n) is 9.53. The Kier molecular flexibility index (Phi) is 5.92. The molecule has 0 unspecified atom stereocenters. The molecule has 3 heterocycles. The van der Waals surface area contributed by atoms with E-state index in [-0.39, 0.29) is 11.1 Å². The number of amides is 2. The Hall–Kier alpha value is -2.98. The molecular formula is C20H19ClF3N5O2. The number of alkyl halides is 3. The van der Waals surface area contributed by atoms with Crippen molar-refractivity contribution in [2.24, 2.45) is 0 Å². The summed E-state index contributed by atoms with van der Waals surface area (Å²) >= 11 is 5.92. The molecule has 2 aromatic heterocycles. The molecule has 164 valence electrons. The number of nitrogens with one attached hydrogen (secondary N) is 1. The molecule has 0 radical (unpaired) electrons. The smallest absolute Gasteiger partial charge is 0.404 e. The van der Waals surface area contributed by atoms with Gasteiger partial charge in [-0.1, -0.05) is 23.7 Å². The van der Waals surface area contributed by atoms with Gasteiger partial charge in [-0.25, -0.2) is 9.78 Å². The predicted molar refractivity (Wildman–Crippen MR) is 109 cm³/mol. The Morgan fingerprint density at radius 1 is 1.16 bits per heavy atom. The zero-order chi connectivity index (χ0) is 22.0. The van der Waals surface area contributed by atoms with E-state index in [0.717, 1.165) is 11.2 Å². The molecule has 0 saturated carbocycles. The van der Waals surface area contributed by atoms with Crippen LogP contribution in [-0.2, 0) is 6.54 Å². The fraction of sp³-hybridized carbons (Fsp3) is 0.300. The maximum absolute atomic E-state index is 12.6. The minimum absolute atomic E-state index is 0.0958. The van der Waals surface area contributed by atoms with Gasteiger partial charge in [-0.3, -0.25) is 14.6 Å². The van der Waals surface area contributed by atoms with E-state index in [9.17, 15) is 18.0 Å². The molecule has 1 saturated heterocycles. The van der Waals surface area contributed by atoms with Crippen molar-refractivity contribution in [2.75, 3.05) is 31.5 Å². The lowest BCUT2D eigenvalue weighted by molar-refractivity contribution is -0.274. The quantitative estimate of drug-likeness (QED) is 0.642. The summed E-state index contributed by atoms with van der Waals surface area (Å²) in [5.74, 6) is 0.213. The van der Waals surface area contributed by atoms with Crippen LogP contribution in [0.15, 0.2) is 48.8 Å². The first kappa shape index (κ1) is 21.3. The molecule has 1 N–H and O–H groups in total. The summed E-state index contributed by atoms with van der Waals surface area (Å²) in [6.07, 6.45) is -1.34. The molecule has 0 atom stereocenters. The van der Waals surface area contributed by atoms with Crippen LogP contribution in [-0.4, -0.2) is 57.8 Å². The van der Waals surface area contributed by atoms with Crippen LogP contribution >= 0.6 is 11.6 Å². The number of hydrogen-bond acceptors (Lipinski definition) is 4. The number of benzene rings is 1. The van der Waals surface area contributed by atoms with E-state index in [1.54, 1.807) is 33.8 Å². The van der Waals surface area contributed by atoms with Crippen LogP contribution in [0.3, 0.4) is 0 Å². The van der Waals surface area contributed by atoms with Gasteiger partial charge in [0.25, 0.3) is 0 Å². The average molecular weight is 454 g/mol. The molecule has 1 fully saturated rings. The van der Waals surface area contributed by atoms with Gasteiger partial charge < -0.3 is 9.64 Å². The SMILES string of the molecule is O=C(Nc1cccc2nccn12)N1CCN(Cc2ccc(OC(F)(F)F)c(Cl)c2)CC1. The van der Waals surface area contributed by atoms with Crippen LogP contribution in [0, 0.1) is 0 Å². The second-order valence-corrected chi connectivity index (χ2v) is 7.48. The third-order valence-electron chi connectivity index (χ3n) is 4.95. The number of aromatic nitrogens is 2. The minimum atomic E-state index is -4.79. The van der Waals surface area contributed by atoms with E-state index in [2.05, 4.69) is 19.9 Å². The van der Waals surface area contributed by atoms with Gasteiger partial charge in [0.15, 0.2) is 0 Å². The van der Waals surface area contributed by atoms with E-state index >= 15 is 0 Å². The lowest BCUT2D eigenvalue weighted by Gasteiger charge is -2.34. The van der Waals surface area contributed by atoms with Gasteiger partial charge in [0.05, 0.1) is 5.02 Å². The van der Waals surface area contributed by atoms with Gasteiger partial charge in [0, 0.05) is 45.1 Å². The number of carbonyl (C=O) groups excluding carboxylic acids is 1. The van der Waals surface area contributed by atoms with Crippen molar-refractivity contribution in [1.82, 2.24) is 19.2 Å². The standard InChI is InChI=1S/C20H19ClF3N5O2/c21-15-12-14(4-5-16(15)31-20(22,23)24)13-27-8-10-28(11-9-27)19(30)26-18-3-1-2-17-25-6-7-29(17)18/h1-7,12H,8-11,13H2,(H,26,30). The van der Waals surface area contributed by atoms with Crippen LogP contribution in [0.1, 0.15) is 5.56 Å². The molecule has 1 aliphatic heterocycles. The predicted octanol–water partition coefficient (Wildman–Crippen LogP) is 4.24. The lowest BCUT2D eigenvalue weighted by Crippen LogP contribution is -2.49. The molecule has 0 spiro atoms. The summed E-state index contributed by atoms with van der Waals surface area (Å²) in [4.78, 5) is 20.7. The van der Waals surface area contributed by atoms with Crippen molar-refractivity contribution in [1.29, 1.82) is 0 Å². The maximum atomic E-state index is 12.6. The maximum Gasteiger partial charge on any atom is 0.573 e. The van der Waals surface area contributed by atoms with E-state index < -0.39 is 12.1 Å². The number of pyridine rings is 1. The summed E-state index contributed by atoms with van der Waals surface area (Å²) in [7, 11) is 0. The molecule has 3 aromatic rings. The molecule has 0 bridgehead atoms. The zero-order valence-corrected chi connectivity index (χ0v) is 17.0.